The van der Waals surface area contributed by atoms with Gasteiger partial charge < -0.3 is 4.90 Å². The van der Waals surface area contributed by atoms with E-state index in [-0.39, 0.29) is 0 Å². The maximum absolute atomic E-state index is 5.98. The minimum atomic E-state index is 0.544. The molecule has 0 N–H and O–H groups in total. The maximum atomic E-state index is 5.98. The van der Waals surface area contributed by atoms with Crippen molar-refractivity contribution in [1.82, 2.24) is 9.97 Å². The first-order chi connectivity index (χ1) is 7.69. The minimum Gasteiger partial charge on any atom is -0.359 e. The van der Waals surface area contributed by atoms with Crippen molar-refractivity contribution in [1.29, 1.82) is 0 Å². The molecule has 4 heteroatoms. The molecule has 0 amide bonds. The van der Waals surface area contributed by atoms with Gasteiger partial charge in [0.25, 0.3) is 0 Å². The summed E-state index contributed by atoms with van der Waals surface area (Å²) < 4.78 is 0. The Morgan fingerprint density at radius 1 is 1.44 bits per heavy atom. The van der Waals surface area contributed by atoms with Gasteiger partial charge in [-0.3, -0.25) is 0 Å². The van der Waals surface area contributed by atoms with Gasteiger partial charge in [-0.1, -0.05) is 24.9 Å². The van der Waals surface area contributed by atoms with Crippen molar-refractivity contribution < 1.29 is 0 Å². The van der Waals surface area contributed by atoms with E-state index in [4.69, 9.17) is 11.6 Å². The van der Waals surface area contributed by atoms with E-state index in [1.807, 2.05) is 13.0 Å². The number of aryl methyl sites for hydroxylation is 1. The molecule has 0 unspecified atom stereocenters. The second-order valence-electron chi connectivity index (χ2n) is 4.50. The molecule has 88 valence electrons. The summed E-state index contributed by atoms with van der Waals surface area (Å²) in [5.74, 6) is 2.61. The van der Waals surface area contributed by atoms with Crippen molar-refractivity contribution in [3.05, 3.63) is 17.0 Å². The third kappa shape index (κ3) is 2.64. The first kappa shape index (κ1) is 11.6. The minimum absolute atomic E-state index is 0.544. The van der Waals surface area contributed by atoms with Crippen LogP contribution in [-0.4, -0.2) is 23.6 Å². The molecule has 0 radical (unpaired) electrons. The standard InChI is InChI=1S/C12H18ClN3/c1-3-11-14-10(13)7-12(15-11)16(2)8-9-5-4-6-9/h7,9H,3-6,8H2,1-2H3. The second kappa shape index (κ2) is 5.00. The Morgan fingerprint density at radius 2 is 2.19 bits per heavy atom. The molecule has 1 heterocycles. The van der Waals surface area contributed by atoms with Crippen LogP contribution in [0.4, 0.5) is 5.82 Å². The smallest absolute Gasteiger partial charge is 0.134 e. The Labute approximate surface area is 102 Å². The van der Waals surface area contributed by atoms with Gasteiger partial charge in [0.05, 0.1) is 0 Å². The molecule has 2 rings (SSSR count). The van der Waals surface area contributed by atoms with Crippen LogP contribution >= 0.6 is 11.6 Å². The molecule has 3 nitrogen and oxygen atoms in total. The predicted octanol–water partition coefficient (Wildman–Crippen LogP) is 2.93. The summed E-state index contributed by atoms with van der Waals surface area (Å²) in [5, 5.41) is 0.544. The summed E-state index contributed by atoms with van der Waals surface area (Å²) in [6, 6.07) is 1.85. The molecular formula is C12H18ClN3. The van der Waals surface area contributed by atoms with Crippen LogP contribution in [0.3, 0.4) is 0 Å². The van der Waals surface area contributed by atoms with Crippen LogP contribution in [0.5, 0.6) is 0 Å². The molecule has 0 bridgehead atoms. The highest BCUT2D eigenvalue weighted by atomic mass is 35.5. The molecule has 0 aliphatic heterocycles. The molecule has 1 aromatic heterocycles. The SMILES string of the molecule is CCc1nc(Cl)cc(N(C)CC2CCC2)n1. The highest BCUT2D eigenvalue weighted by molar-refractivity contribution is 6.29. The summed E-state index contributed by atoms with van der Waals surface area (Å²) in [5.41, 5.74) is 0. The molecule has 1 aliphatic carbocycles. The zero-order valence-electron chi connectivity index (χ0n) is 9.91. The van der Waals surface area contributed by atoms with Gasteiger partial charge >= 0.3 is 0 Å². The van der Waals surface area contributed by atoms with E-state index in [9.17, 15) is 0 Å². The van der Waals surface area contributed by atoms with Crippen molar-refractivity contribution in [3.63, 3.8) is 0 Å². The Morgan fingerprint density at radius 3 is 2.75 bits per heavy atom. The van der Waals surface area contributed by atoms with Crippen LogP contribution in [0, 0.1) is 5.92 Å². The molecule has 1 aliphatic rings. The largest absolute Gasteiger partial charge is 0.359 e. The lowest BCUT2D eigenvalue weighted by molar-refractivity contribution is 0.321. The molecule has 0 spiro atoms. The normalized spacial score (nSPS) is 15.9. The van der Waals surface area contributed by atoms with E-state index in [1.165, 1.54) is 19.3 Å². The van der Waals surface area contributed by atoms with Gasteiger partial charge in [0, 0.05) is 26.1 Å². The molecule has 1 aromatic rings. The molecule has 0 saturated heterocycles. The number of nitrogens with zero attached hydrogens (tertiary/aromatic N) is 3. The van der Waals surface area contributed by atoms with E-state index in [2.05, 4.69) is 21.9 Å². The molecular weight excluding hydrogens is 222 g/mol. The lowest BCUT2D eigenvalue weighted by Gasteiger charge is -2.30. The fraction of sp³-hybridized carbons (Fsp3) is 0.667. The summed E-state index contributed by atoms with van der Waals surface area (Å²) in [6.07, 6.45) is 4.90. The fourth-order valence-electron chi connectivity index (χ4n) is 1.96. The topological polar surface area (TPSA) is 29.0 Å². The van der Waals surface area contributed by atoms with Crippen LogP contribution in [0.2, 0.25) is 5.15 Å². The van der Waals surface area contributed by atoms with E-state index in [0.29, 0.717) is 5.15 Å². The van der Waals surface area contributed by atoms with Crippen molar-refractivity contribution in [2.45, 2.75) is 32.6 Å². The molecule has 1 fully saturated rings. The van der Waals surface area contributed by atoms with Crippen LogP contribution in [0.15, 0.2) is 6.07 Å². The van der Waals surface area contributed by atoms with Crippen LogP contribution < -0.4 is 4.90 Å². The Hall–Kier alpha value is -0.830. The van der Waals surface area contributed by atoms with E-state index < -0.39 is 0 Å². The first-order valence-electron chi connectivity index (χ1n) is 5.93. The van der Waals surface area contributed by atoms with Crippen LogP contribution in [0.1, 0.15) is 32.0 Å². The summed E-state index contributed by atoms with van der Waals surface area (Å²) in [4.78, 5) is 10.9. The van der Waals surface area contributed by atoms with Crippen LogP contribution in [0.25, 0.3) is 0 Å². The van der Waals surface area contributed by atoms with Crippen molar-refractivity contribution in [3.8, 4) is 0 Å². The van der Waals surface area contributed by atoms with Gasteiger partial charge in [-0.05, 0) is 18.8 Å². The quantitative estimate of drug-likeness (QED) is 0.757. The maximum Gasteiger partial charge on any atom is 0.134 e. The lowest BCUT2D eigenvalue weighted by Crippen LogP contribution is -2.30. The summed E-state index contributed by atoms with van der Waals surface area (Å²) >= 11 is 5.98. The lowest BCUT2D eigenvalue weighted by atomic mass is 9.85. The van der Waals surface area contributed by atoms with E-state index in [1.54, 1.807) is 0 Å². The third-order valence-electron chi connectivity index (χ3n) is 3.19. The average Bonchev–Trinajstić information content (AvgIpc) is 2.22. The van der Waals surface area contributed by atoms with Gasteiger partial charge in [-0.15, -0.1) is 0 Å². The number of aromatic nitrogens is 2. The molecule has 1 saturated carbocycles. The Kier molecular flexibility index (Phi) is 3.64. The van der Waals surface area contributed by atoms with E-state index >= 15 is 0 Å². The van der Waals surface area contributed by atoms with Gasteiger partial charge in [-0.2, -0.15) is 0 Å². The van der Waals surface area contributed by atoms with Crippen molar-refractivity contribution in [2.24, 2.45) is 5.92 Å². The monoisotopic (exact) mass is 239 g/mol. The average molecular weight is 240 g/mol. The third-order valence-corrected chi connectivity index (χ3v) is 3.39. The summed E-state index contributed by atoms with van der Waals surface area (Å²) in [7, 11) is 2.08. The Bertz CT molecular complexity index is 363. The van der Waals surface area contributed by atoms with Gasteiger partial charge in [0.2, 0.25) is 0 Å². The molecule has 0 aromatic carbocycles. The molecule has 16 heavy (non-hydrogen) atoms. The van der Waals surface area contributed by atoms with Gasteiger partial charge in [0.15, 0.2) is 0 Å². The molecule has 0 atom stereocenters. The fourth-order valence-corrected chi connectivity index (χ4v) is 2.16. The summed E-state index contributed by atoms with van der Waals surface area (Å²) in [6.45, 7) is 3.12. The van der Waals surface area contributed by atoms with Crippen molar-refractivity contribution >= 4 is 17.4 Å². The Balaban J connectivity index is 2.08. The first-order valence-corrected chi connectivity index (χ1v) is 6.31. The zero-order valence-corrected chi connectivity index (χ0v) is 10.7. The predicted molar refractivity (Wildman–Crippen MR) is 67.0 cm³/mol. The highest BCUT2D eigenvalue weighted by Gasteiger charge is 2.20. The number of hydrogen-bond acceptors (Lipinski definition) is 3. The second-order valence-corrected chi connectivity index (χ2v) is 4.88. The highest BCUT2D eigenvalue weighted by Crippen LogP contribution is 2.28. The van der Waals surface area contributed by atoms with E-state index in [0.717, 1.165) is 30.5 Å². The van der Waals surface area contributed by atoms with Gasteiger partial charge in [0.1, 0.15) is 16.8 Å². The van der Waals surface area contributed by atoms with Crippen molar-refractivity contribution in [2.75, 3.05) is 18.5 Å². The van der Waals surface area contributed by atoms with Gasteiger partial charge in [-0.25, -0.2) is 9.97 Å². The zero-order chi connectivity index (χ0) is 11.5. The number of anilines is 1. The number of hydrogen-bond donors (Lipinski definition) is 0. The number of halogens is 1. The van der Waals surface area contributed by atoms with Crippen LogP contribution in [-0.2, 0) is 6.42 Å². The number of rotatable bonds is 4.